The van der Waals surface area contributed by atoms with E-state index in [1.54, 1.807) is 33.5 Å². The molecule has 2 aromatic carbocycles. The van der Waals surface area contributed by atoms with Gasteiger partial charge < -0.3 is 24.7 Å². The molecule has 8 heteroatoms. The maximum atomic E-state index is 9.91. The lowest BCUT2D eigenvalue weighted by atomic mass is 9.82. The number of H-pyrrole nitrogens is 1. The van der Waals surface area contributed by atoms with E-state index in [9.17, 15) is 5.26 Å². The third-order valence-corrected chi connectivity index (χ3v) is 5.05. The van der Waals surface area contributed by atoms with Gasteiger partial charge in [-0.25, -0.2) is 0 Å². The molecule has 1 aromatic heterocycles. The molecule has 4 rings (SSSR count). The largest absolute Gasteiger partial charge is 0.496 e. The number of ether oxygens (including phenoxy) is 4. The number of allylic oxidation sites excluding steroid dienone is 1. The van der Waals surface area contributed by atoms with E-state index in [4.69, 9.17) is 24.7 Å². The Morgan fingerprint density at radius 2 is 1.70 bits per heavy atom. The summed E-state index contributed by atoms with van der Waals surface area (Å²) in [5, 5.41) is 17.2. The number of nitriles is 1. The van der Waals surface area contributed by atoms with Gasteiger partial charge in [-0.1, -0.05) is 30.3 Å². The molecule has 0 radical (unpaired) electrons. The van der Waals surface area contributed by atoms with E-state index in [1.165, 1.54) is 0 Å². The average Bonchev–Trinajstić information content (AvgIpc) is 3.21. The number of hydrogen-bond donors (Lipinski definition) is 2. The van der Waals surface area contributed by atoms with Crippen molar-refractivity contribution in [1.29, 1.82) is 5.26 Å². The lowest BCUT2D eigenvalue weighted by Crippen LogP contribution is -2.21. The first kappa shape index (κ1) is 19.2. The lowest BCUT2D eigenvalue weighted by molar-refractivity contribution is 0.346. The molecule has 0 saturated heterocycles. The molecule has 30 heavy (non-hydrogen) atoms. The highest BCUT2D eigenvalue weighted by Crippen LogP contribution is 2.49. The van der Waals surface area contributed by atoms with Crippen LogP contribution >= 0.6 is 0 Å². The van der Waals surface area contributed by atoms with Crippen molar-refractivity contribution >= 4 is 0 Å². The summed E-state index contributed by atoms with van der Waals surface area (Å²) in [6.45, 7) is 0. The van der Waals surface area contributed by atoms with Crippen LogP contribution in [-0.2, 0) is 0 Å². The van der Waals surface area contributed by atoms with E-state index in [0.29, 0.717) is 34.3 Å². The van der Waals surface area contributed by atoms with Gasteiger partial charge in [-0.2, -0.15) is 5.26 Å². The van der Waals surface area contributed by atoms with Gasteiger partial charge >= 0.3 is 0 Å². The molecule has 0 aliphatic carbocycles. The Hall–Kier alpha value is -4.12. The number of nitrogens with zero attached hydrogens (tertiary/aromatic N) is 2. The van der Waals surface area contributed by atoms with Crippen LogP contribution in [0.3, 0.4) is 0 Å². The standard InChI is InChI=1S/C22H20N4O4/c1-27-15-10-17(29-3)16(28-2)9-13(15)18-14(11-23)21(24)30-22-19(18)20(25-26-22)12-7-5-4-6-8-12/h4-10,18H,24H2,1-3H3,(H,25,26)/t18-/m1/s1. The van der Waals surface area contributed by atoms with Gasteiger partial charge in [-0.05, 0) is 11.6 Å². The second-order valence-corrected chi connectivity index (χ2v) is 6.56. The Kier molecular flexibility index (Phi) is 4.94. The Morgan fingerprint density at radius 3 is 2.33 bits per heavy atom. The predicted octanol–water partition coefficient (Wildman–Crippen LogP) is 3.32. The van der Waals surface area contributed by atoms with Gasteiger partial charge in [0.25, 0.3) is 0 Å². The average molecular weight is 404 g/mol. The molecule has 8 nitrogen and oxygen atoms in total. The second-order valence-electron chi connectivity index (χ2n) is 6.56. The molecular weight excluding hydrogens is 384 g/mol. The molecule has 1 atom stereocenters. The number of benzene rings is 2. The second kappa shape index (κ2) is 7.72. The molecular formula is C22H20N4O4. The van der Waals surface area contributed by atoms with E-state index < -0.39 is 5.92 Å². The highest BCUT2D eigenvalue weighted by atomic mass is 16.5. The molecule has 3 aromatic rings. The number of nitrogens with two attached hydrogens (primary N) is 1. The molecule has 0 spiro atoms. The molecule has 0 fully saturated rings. The van der Waals surface area contributed by atoms with Crippen molar-refractivity contribution in [2.45, 2.75) is 5.92 Å². The zero-order valence-corrected chi connectivity index (χ0v) is 16.7. The Bertz CT molecular complexity index is 1160. The van der Waals surface area contributed by atoms with Crippen molar-refractivity contribution in [2.75, 3.05) is 21.3 Å². The van der Waals surface area contributed by atoms with Crippen LogP contribution in [0.2, 0.25) is 0 Å². The first-order valence-corrected chi connectivity index (χ1v) is 9.14. The minimum atomic E-state index is -0.581. The molecule has 0 saturated carbocycles. The monoisotopic (exact) mass is 404 g/mol. The highest BCUT2D eigenvalue weighted by molar-refractivity contribution is 5.72. The number of hydrogen-bond acceptors (Lipinski definition) is 7. The van der Waals surface area contributed by atoms with Crippen LogP contribution < -0.4 is 24.7 Å². The first-order valence-electron chi connectivity index (χ1n) is 9.14. The maximum absolute atomic E-state index is 9.91. The van der Waals surface area contributed by atoms with Gasteiger partial charge in [0.15, 0.2) is 11.5 Å². The van der Waals surface area contributed by atoms with Crippen LogP contribution in [0.15, 0.2) is 53.9 Å². The fourth-order valence-corrected chi connectivity index (χ4v) is 3.66. The zero-order valence-electron chi connectivity index (χ0n) is 16.7. The smallest absolute Gasteiger partial charge is 0.244 e. The van der Waals surface area contributed by atoms with E-state index in [-0.39, 0.29) is 11.5 Å². The molecule has 152 valence electrons. The SMILES string of the molecule is COc1cc(OC)c([C@@H]2C(C#N)=C(N)Oc3n[nH]c(-c4ccccc4)c32)cc1OC. The number of aromatic nitrogens is 2. The van der Waals surface area contributed by atoms with Gasteiger partial charge in [-0.3, -0.25) is 5.10 Å². The van der Waals surface area contributed by atoms with Crippen molar-refractivity contribution < 1.29 is 18.9 Å². The Labute approximate surface area is 173 Å². The van der Waals surface area contributed by atoms with Crippen LogP contribution in [0.5, 0.6) is 23.1 Å². The number of fused-ring (bicyclic) bond motifs is 1. The Balaban J connectivity index is 2.01. The summed E-state index contributed by atoms with van der Waals surface area (Å²) in [5.74, 6) is 1.26. The van der Waals surface area contributed by atoms with Gasteiger partial charge in [0, 0.05) is 11.6 Å². The summed E-state index contributed by atoms with van der Waals surface area (Å²) in [4.78, 5) is 0. The normalized spacial score (nSPS) is 15.1. The van der Waals surface area contributed by atoms with Crippen LogP contribution in [0.25, 0.3) is 11.3 Å². The van der Waals surface area contributed by atoms with Crippen molar-refractivity contribution in [3.8, 4) is 40.5 Å². The first-order chi connectivity index (χ1) is 14.6. The number of aromatic amines is 1. The summed E-state index contributed by atoms with van der Waals surface area (Å²) in [6, 6.07) is 15.4. The molecule has 0 bridgehead atoms. The van der Waals surface area contributed by atoms with Gasteiger partial charge in [0.05, 0.1) is 38.5 Å². The van der Waals surface area contributed by atoms with Gasteiger partial charge in [-0.15, -0.1) is 5.10 Å². The van der Waals surface area contributed by atoms with Crippen molar-refractivity contribution in [2.24, 2.45) is 5.73 Å². The van der Waals surface area contributed by atoms with Crippen molar-refractivity contribution in [1.82, 2.24) is 10.2 Å². The van der Waals surface area contributed by atoms with Crippen molar-refractivity contribution in [3.63, 3.8) is 0 Å². The number of methoxy groups -OCH3 is 3. The minimum Gasteiger partial charge on any atom is -0.496 e. The number of nitrogens with one attached hydrogen (secondary N) is 1. The molecule has 0 unspecified atom stereocenters. The molecule has 0 amide bonds. The topological polar surface area (TPSA) is 115 Å². The number of rotatable bonds is 5. The fourth-order valence-electron chi connectivity index (χ4n) is 3.66. The highest BCUT2D eigenvalue weighted by Gasteiger charge is 2.37. The van der Waals surface area contributed by atoms with Crippen LogP contribution in [-0.4, -0.2) is 31.5 Å². The molecule has 1 aliphatic rings. The summed E-state index contributed by atoms with van der Waals surface area (Å²) in [7, 11) is 4.65. The lowest BCUT2D eigenvalue weighted by Gasteiger charge is -2.26. The van der Waals surface area contributed by atoms with E-state index in [0.717, 1.165) is 11.3 Å². The molecule has 3 N–H and O–H groups in total. The summed E-state index contributed by atoms with van der Waals surface area (Å²) in [6.07, 6.45) is 0. The summed E-state index contributed by atoms with van der Waals surface area (Å²) in [5.41, 5.74) is 9.34. The zero-order chi connectivity index (χ0) is 21.3. The molecule has 2 heterocycles. The quantitative estimate of drug-likeness (QED) is 0.670. The van der Waals surface area contributed by atoms with E-state index in [2.05, 4.69) is 16.3 Å². The van der Waals surface area contributed by atoms with E-state index in [1.807, 2.05) is 30.3 Å². The van der Waals surface area contributed by atoms with Crippen molar-refractivity contribution in [3.05, 3.63) is 65.0 Å². The van der Waals surface area contributed by atoms with E-state index >= 15 is 0 Å². The summed E-state index contributed by atoms with van der Waals surface area (Å²) >= 11 is 0. The third kappa shape index (κ3) is 2.97. The summed E-state index contributed by atoms with van der Waals surface area (Å²) < 4.78 is 22.2. The fraction of sp³-hybridized carbons (Fsp3) is 0.182. The van der Waals surface area contributed by atoms with Crippen LogP contribution in [0.4, 0.5) is 0 Å². The molecule has 1 aliphatic heterocycles. The predicted molar refractivity (Wildman–Crippen MR) is 109 cm³/mol. The van der Waals surface area contributed by atoms with Gasteiger partial charge in [0.1, 0.15) is 17.4 Å². The third-order valence-electron chi connectivity index (χ3n) is 5.05. The Morgan fingerprint density at radius 1 is 1.03 bits per heavy atom. The van der Waals surface area contributed by atoms with Crippen LogP contribution in [0.1, 0.15) is 17.0 Å². The minimum absolute atomic E-state index is 0.00190. The van der Waals surface area contributed by atoms with Crippen LogP contribution in [0, 0.1) is 11.3 Å². The van der Waals surface area contributed by atoms with Gasteiger partial charge in [0.2, 0.25) is 11.8 Å². The maximum Gasteiger partial charge on any atom is 0.244 e.